The maximum absolute atomic E-state index is 12.4. The van der Waals surface area contributed by atoms with Crippen LogP contribution >= 0.6 is 15.9 Å². The van der Waals surface area contributed by atoms with Crippen molar-refractivity contribution in [1.29, 1.82) is 0 Å². The summed E-state index contributed by atoms with van der Waals surface area (Å²) in [6, 6.07) is 5.96. The molecule has 2 heterocycles. The van der Waals surface area contributed by atoms with Gasteiger partial charge in [0.15, 0.2) is 0 Å². The molecule has 0 radical (unpaired) electrons. The highest BCUT2D eigenvalue weighted by atomic mass is 79.9. The zero-order chi connectivity index (χ0) is 14.8. The van der Waals surface area contributed by atoms with Crippen molar-refractivity contribution in [2.24, 2.45) is 5.92 Å². The Morgan fingerprint density at radius 1 is 1.48 bits per heavy atom. The van der Waals surface area contributed by atoms with Gasteiger partial charge in [-0.15, -0.1) is 0 Å². The quantitative estimate of drug-likeness (QED) is 0.894. The molecule has 0 aliphatic carbocycles. The molecule has 1 aliphatic rings. The number of anilines is 1. The number of benzene rings is 1. The van der Waals surface area contributed by atoms with Crippen molar-refractivity contribution < 1.29 is 4.79 Å². The van der Waals surface area contributed by atoms with Crippen LogP contribution in [0, 0.1) is 5.92 Å². The van der Waals surface area contributed by atoms with Gasteiger partial charge in [0.05, 0.1) is 11.0 Å². The van der Waals surface area contributed by atoms with Crippen molar-refractivity contribution in [2.45, 2.75) is 26.3 Å². The number of nitrogens with one attached hydrogen (secondary N) is 2. The van der Waals surface area contributed by atoms with Gasteiger partial charge in [0.2, 0.25) is 11.9 Å². The molecule has 0 unspecified atom stereocenters. The first kappa shape index (κ1) is 14.5. The van der Waals surface area contributed by atoms with E-state index in [-0.39, 0.29) is 11.8 Å². The monoisotopic (exact) mass is 350 g/mol. The Morgan fingerprint density at radius 2 is 2.24 bits per heavy atom. The zero-order valence-corrected chi connectivity index (χ0v) is 13.6. The maximum Gasteiger partial charge on any atom is 0.229 e. The highest BCUT2D eigenvalue weighted by Gasteiger charge is 2.22. The summed E-state index contributed by atoms with van der Waals surface area (Å²) in [6.07, 6.45) is 1.79. The summed E-state index contributed by atoms with van der Waals surface area (Å²) in [5.41, 5.74) is 1.94. The third-order valence-electron chi connectivity index (χ3n) is 3.97. The van der Waals surface area contributed by atoms with Crippen LogP contribution in [0.3, 0.4) is 0 Å². The van der Waals surface area contributed by atoms with Crippen molar-refractivity contribution in [3.8, 4) is 0 Å². The number of aromatic nitrogens is 2. The minimum atomic E-state index is 0.0839. The fourth-order valence-electron chi connectivity index (χ4n) is 2.81. The predicted octanol–water partition coefficient (Wildman–Crippen LogP) is 2.76. The van der Waals surface area contributed by atoms with Gasteiger partial charge in [-0.2, -0.15) is 0 Å². The number of hydrogen-bond acceptors (Lipinski definition) is 3. The lowest BCUT2D eigenvalue weighted by atomic mass is 9.97. The van der Waals surface area contributed by atoms with Crippen molar-refractivity contribution in [3.05, 3.63) is 22.7 Å². The first-order chi connectivity index (χ1) is 10.2. The predicted molar refractivity (Wildman–Crippen MR) is 87.3 cm³/mol. The molecule has 2 N–H and O–H groups in total. The second-order valence-corrected chi connectivity index (χ2v) is 6.24. The molecule has 2 aromatic rings. The molecule has 1 saturated heterocycles. The van der Waals surface area contributed by atoms with Crippen LogP contribution in [0.25, 0.3) is 11.0 Å². The van der Waals surface area contributed by atoms with Gasteiger partial charge in [-0.25, -0.2) is 4.98 Å². The summed E-state index contributed by atoms with van der Waals surface area (Å²) in [7, 11) is 0. The van der Waals surface area contributed by atoms with Gasteiger partial charge in [-0.05, 0) is 51.1 Å². The van der Waals surface area contributed by atoms with Crippen LogP contribution in [-0.4, -0.2) is 28.5 Å². The summed E-state index contributed by atoms with van der Waals surface area (Å²) < 4.78 is 3.06. The number of nitrogens with zero attached hydrogens (tertiary/aromatic N) is 2. The van der Waals surface area contributed by atoms with Gasteiger partial charge >= 0.3 is 0 Å². The maximum atomic E-state index is 12.4. The number of aryl methyl sites for hydroxylation is 1. The van der Waals surface area contributed by atoms with E-state index in [1.165, 1.54) is 0 Å². The average molecular weight is 351 g/mol. The van der Waals surface area contributed by atoms with Gasteiger partial charge in [-0.1, -0.05) is 15.9 Å². The number of halogens is 1. The van der Waals surface area contributed by atoms with Crippen LogP contribution in [0.2, 0.25) is 0 Å². The third kappa shape index (κ3) is 2.96. The number of fused-ring (bicyclic) bond motifs is 1. The zero-order valence-electron chi connectivity index (χ0n) is 12.0. The molecule has 5 nitrogen and oxygen atoms in total. The van der Waals surface area contributed by atoms with E-state index in [9.17, 15) is 4.79 Å². The summed E-state index contributed by atoms with van der Waals surface area (Å²) in [5, 5.41) is 6.29. The Labute approximate surface area is 132 Å². The number of amides is 1. The van der Waals surface area contributed by atoms with E-state index < -0.39 is 0 Å². The van der Waals surface area contributed by atoms with Crippen molar-refractivity contribution in [1.82, 2.24) is 14.9 Å². The first-order valence-electron chi connectivity index (χ1n) is 7.36. The molecule has 0 saturated carbocycles. The summed E-state index contributed by atoms with van der Waals surface area (Å²) in [6.45, 7) is 4.65. The van der Waals surface area contributed by atoms with E-state index in [0.29, 0.717) is 5.95 Å². The first-order valence-corrected chi connectivity index (χ1v) is 8.15. The molecule has 1 fully saturated rings. The third-order valence-corrected chi connectivity index (χ3v) is 4.46. The lowest BCUT2D eigenvalue weighted by molar-refractivity contribution is -0.120. The molecular weight excluding hydrogens is 332 g/mol. The van der Waals surface area contributed by atoms with E-state index in [4.69, 9.17) is 0 Å². The van der Waals surface area contributed by atoms with Crippen molar-refractivity contribution in [3.63, 3.8) is 0 Å². The highest BCUT2D eigenvalue weighted by Crippen LogP contribution is 2.24. The molecule has 1 aromatic carbocycles. The fourth-order valence-corrected chi connectivity index (χ4v) is 3.16. The molecule has 6 heteroatoms. The minimum Gasteiger partial charge on any atom is -0.317 e. The summed E-state index contributed by atoms with van der Waals surface area (Å²) in [5.74, 6) is 0.817. The molecule has 112 valence electrons. The van der Waals surface area contributed by atoms with Crippen LogP contribution in [0.5, 0.6) is 0 Å². The molecule has 1 amide bonds. The highest BCUT2D eigenvalue weighted by molar-refractivity contribution is 9.10. The van der Waals surface area contributed by atoms with Gasteiger partial charge in [0, 0.05) is 16.9 Å². The molecule has 3 rings (SSSR count). The van der Waals surface area contributed by atoms with Crippen LogP contribution in [0.1, 0.15) is 19.8 Å². The Balaban J connectivity index is 1.87. The van der Waals surface area contributed by atoms with Gasteiger partial charge in [0.25, 0.3) is 0 Å². The molecular formula is C15H19BrN4O. The smallest absolute Gasteiger partial charge is 0.229 e. The second kappa shape index (κ2) is 6.15. The number of hydrogen-bond donors (Lipinski definition) is 2. The normalized spacial score (nSPS) is 16.3. The lowest BCUT2D eigenvalue weighted by Gasteiger charge is -2.21. The Kier molecular flexibility index (Phi) is 4.26. The molecule has 21 heavy (non-hydrogen) atoms. The Morgan fingerprint density at radius 3 is 2.95 bits per heavy atom. The molecule has 1 aliphatic heterocycles. The largest absolute Gasteiger partial charge is 0.317 e. The van der Waals surface area contributed by atoms with Crippen molar-refractivity contribution >= 4 is 38.8 Å². The topological polar surface area (TPSA) is 59.0 Å². The SMILES string of the molecule is CCn1c(NC(=O)C2CCNCC2)nc2ccc(Br)cc21. The Bertz CT molecular complexity index is 661. The van der Waals surface area contributed by atoms with E-state index >= 15 is 0 Å². The van der Waals surface area contributed by atoms with Gasteiger partial charge < -0.3 is 9.88 Å². The number of piperidine rings is 1. The second-order valence-electron chi connectivity index (χ2n) is 5.33. The fraction of sp³-hybridized carbons (Fsp3) is 0.467. The summed E-state index contributed by atoms with van der Waals surface area (Å²) in [4.78, 5) is 16.9. The van der Waals surface area contributed by atoms with Crippen LogP contribution in [0.4, 0.5) is 5.95 Å². The standard InChI is InChI=1S/C15H19BrN4O/c1-2-20-13-9-11(16)3-4-12(13)18-15(20)19-14(21)10-5-7-17-8-6-10/h3-4,9-10,17H,2,5-8H2,1H3,(H,18,19,21). The lowest BCUT2D eigenvalue weighted by Crippen LogP contribution is -2.35. The molecule has 0 spiro atoms. The van der Waals surface area contributed by atoms with E-state index in [2.05, 4.69) is 38.5 Å². The van der Waals surface area contributed by atoms with E-state index in [1.54, 1.807) is 0 Å². The van der Waals surface area contributed by atoms with Crippen molar-refractivity contribution in [2.75, 3.05) is 18.4 Å². The molecule has 1 aromatic heterocycles. The molecule has 0 bridgehead atoms. The summed E-state index contributed by atoms with van der Waals surface area (Å²) >= 11 is 3.48. The van der Waals surface area contributed by atoms with Crippen LogP contribution < -0.4 is 10.6 Å². The number of rotatable bonds is 3. The van der Waals surface area contributed by atoms with Crippen LogP contribution in [-0.2, 0) is 11.3 Å². The molecule has 0 atom stereocenters. The average Bonchev–Trinajstić information content (AvgIpc) is 2.84. The number of imidazole rings is 1. The number of carbonyl (C=O) groups excluding carboxylic acids is 1. The Hall–Kier alpha value is -1.40. The van der Waals surface area contributed by atoms with E-state index in [1.807, 2.05) is 22.8 Å². The van der Waals surface area contributed by atoms with Crippen LogP contribution in [0.15, 0.2) is 22.7 Å². The minimum absolute atomic E-state index is 0.0839. The van der Waals surface area contributed by atoms with Gasteiger partial charge in [-0.3, -0.25) is 10.1 Å². The number of carbonyl (C=O) groups is 1. The van der Waals surface area contributed by atoms with Gasteiger partial charge in [0.1, 0.15) is 0 Å². The van der Waals surface area contributed by atoms with E-state index in [0.717, 1.165) is 48.0 Å².